The molecule has 0 aromatic heterocycles. The van der Waals surface area contributed by atoms with Crippen molar-refractivity contribution < 1.29 is 26.7 Å². The number of hydrogen-bond donors (Lipinski definition) is 0. The lowest BCUT2D eigenvalue weighted by Gasteiger charge is -2.21. The van der Waals surface area contributed by atoms with Crippen molar-refractivity contribution in [2.45, 2.75) is 13.0 Å². The Labute approximate surface area is 88.9 Å². The number of esters is 1. The fourth-order valence-electron chi connectivity index (χ4n) is 0.925. The van der Waals surface area contributed by atoms with Crippen molar-refractivity contribution >= 4 is 16.4 Å². The van der Waals surface area contributed by atoms with Crippen LogP contribution in [0, 0.1) is 0 Å². The Morgan fingerprint density at radius 3 is 2.33 bits per heavy atom. The van der Waals surface area contributed by atoms with E-state index in [0.717, 1.165) is 0 Å². The molecule has 0 amide bonds. The molecule has 0 rings (SSSR count). The molecule has 0 aliphatic rings. The van der Waals surface area contributed by atoms with Crippen LogP contribution in [-0.4, -0.2) is 57.2 Å². The van der Waals surface area contributed by atoms with Crippen LogP contribution in [0.4, 0.5) is 0 Å². The Kier molecular flexibility index (Phi) is 5.73. The van der Waals surface area contributed by atoms with E-state index in [9.17, 15) is 17.8 Å². The first-order valence-corrected chi connectivity index (χ1v) is 5.46. The van der Waals surface area contributed by atoms with E-state index in [0.29, 0.717) is 0 Å². The lowest BCUT2D eigenvalue weighted by molar-refractivity contribution is -0.148. The zero-order valence-corrected chi connectivity index (χ0v) is 9.61. The summed E-state index contributed by atoms with van der Waals surface area (Å²) in [6.07, 6.45) is -0.777. The highest BCUT2D eigenvalue weighted by atomic mass is 32.3. The molecule has 1 atom stereocenters. The molecule has 0 fully saturated rings. The maximum absolute atomic E-state index is 10.6. The quantitative estimate of drug-likeness (QED) is 0.332. The lowest BCUT2D eigenvalue weighted by atomic mass is 10.3. The van der Waals surface area contributed by atoms with E-state index in [1.165, 1.54) is 6.92 Å². The molecule has 0 N–H and O–H groups in total. The smallest absolute Gasteiger partial charge is 0.303 e. The highest BCUT2D eigenvalue weighted by Gasteiger charge is 2.14. The van der Waals surface area contributed by atoms with Gasteiger partial charge in [-0.3, -0.25) is 8.98 Å². The van der Waals surface area contributed by atoms with Gasteiger partial charge < -0.3 is 14.2 Å². The number of carbonyl (C=O) groups excluding carboxylic acids is 1. The molecule has 0 aromatic rings. The molecular weight excluding hydrogens is 226 g/mol. The Balaban J connectivity index is 4.18. The number of carbonyl (C=O) groups is 1. The maximum Gasteiger partial charge on any atom is 0.303 e. The molecule has 0 bridgehead atoms. The van der Waals surface area contributed by atoms with Crippen LogP contribution in [0.5, 0.6) is 0 Å². The van der Waals surface area contributed by atoms with Crippen LogP contribution in [-0.2, 0) is 24.1 Å². The van der Waals surface area contributed by atoms with Gasteiger partial charge in [0.2, 0.25) is 10.4 Å². The van der Waals surface area contributed by atoms with Crippen molar-refractivity contribution in [2.75, 3.05) is 27.2 Å². The Hall–Kier alpha value is -0.700. The van der Waals surface area contributed by atoms with Crippen molar-refractivity contribution in [3.63, 3.8) is 0 Å². The third-order valence-electron chi connectivity index (χ3n) is 1.30. The van der Waals surface area contributed by atoms with E-state index in [4.69, 9.17) is 4.74 Å². The van der Waals surface area contributed by atoms with Gasteiger partial charge in [-0.05, 0) is 14.1 Å². The van der Waals surface area contributed by atoms with Gasteiger partial charge in [0.25, 0.3) is 0 Å². The number of ether oxygens (including phenoxy) is 1. The van der Waals surface area contributed by atoms with Crippen LogP contribution in [0.3, 0.4) is 0 Å². The van der Waals surface area contributed by atoms with Gasteiger partial charge in [0.15, 0.2) is 0 Å². The molecule has 0 aliphatic heterocycles. The second kappa shape index (κ2) is 6.01. The van der Waals surface area contributed by atoms with Crippen LogP contribution in [0.2, 0.25) is 0 Å². The molecule has 90 valence electrons. The first-order chi connectivity index (χ1) is 6.70. The van der Waals surface area contributed by atoms with Crippen LogP contribution < -0.4 is 0 Å². The average Bonchev–Trinajstić information content (AvgIpc) is 1.96. The number of nitrogens with zero attached hydrogens (tertiary/aromatic N) is 1. The molecule has 0 aliphatic carbocycles. The predicted octanol–water partition coefficient (Wildman–Crippen LogP) is -1.04. The van der Waals surface area contributed by atoms with Gasteiger partial charge >= 0.3 is 5.97 Å². The third-order valence-corrected chi connectivity index (χ3v) is 1.72. The molecule has 0 spiro atoms. The van der Waals surface area contributed by atoms with Crippen LogP contribution >= 0.6 is 0 Å². The van der Waals surface area contributed by atoms with Crippen molar-refractivity contribution in [1.29, 1.82) is 0 Å². The van der Waals surface area contributed by atoms with Crippen LogP contribution in [0.25, 0.3) is 0 Å². The molecule has 1 unspecified atom stereocenters. The summed E-state index contributed by atoms with van der Waals surface area (Å²) in [7, 11) is -1.33. The largest absolute Gasteiger partial charge is 0.726 e. The first-order valence-electron chi connectivity index (χ1n) is 4.13. The predicted molar refractivity (Wildman–Crippen MR) is 49.8 cm³/mol. The molecule has 0 saturated heterocycles. The summed E-state index contributed by atoms with van der Waals surface area (Å²) in [6, 6.07) is 0. The summed E-state index contributed by atoms with van der Waals surface area (Å²) in [5.74, 6) is -0.561. The van der Waals surface area contributed by atoms with Gasteiger partial charge in [-0.25, -0.2) is 8.42 Å². The average molecular weight is 240 g/mol. The molecule has 7 nitrogen and oxygen atoms in total. The second-order valence-electron chi connectivity index (χ2n) is 3.19. The molecule has 0 aromatic carbocycles. The fourth-order valence-corrected chi connectivity index (χ4v) is 1.24. The molecule has 0 radical (unpaired) electrons. The van der Waals surface area contributed by atoms with Gasteiger partial charge in [0.1, 0.15) is 12.7 Å². The number of likely N-dealkylation sites (N-methyl/N-ethyl adjacent to an activating group) is 1. The maximum atomic E-state index is 10.6. The first kappa shape index (κ1) is 14.3. The Bertz CT molecular complexity index is 299. The zero-order valence-electron chi connectivity index (χ0n) is 8.80. The van der Waals surface area contributed by atoms with E-state index >= 15 is 0 Å². The van der Waals surface area contributed by atoms with Crippen molar-refractivity contribution in [1.82, 2.24) is 4.90 Å². The zero-order chi connectivity index (χ0) is 12.1. The molecular formula is C7H14NO6S-. The summed E-state index contributed by atoms with van der Waals surface area (Å²) in [5, 5.41) is 0. The third kappa shape index (κ3) is 9.60. The summed E-state index contributed by atoms with van der Waals surface area (Å²) in [4.78, 5) is 12.3. The summed E-state index contributed by atoms with van der Waals surface area (Å²) >= 11 is 0. The highest BCUT2D eigenvalue weighted by molar-refractivity contribution is 7.80. The monoisotopic (exact) mass is 240 g/mol. The molecule has 0 heterocycles. The van der Waals surface area contributed by atoms with Gasteiger partial charge in [0, 0.05) is 13.5 Å². The van der Waals surface area contributed by atoms with E-state index in [1.54, 1.807) is 19.0 Å². The van der Waals surface area contributed by atoms with Crippen molar-refractivity contribution in [3.8, 4) is 0 Å². The normalized spacial score (nSPS) is 13.9. The highest BCUT2D eigenvalue weighted by Crippen LogP contribution is 1.99. The Morgan fingerprint density at radius 1 is 1.47 bits per heavy atom. The Morgan fingerprint density at radius 2 is 2.00 bits per heavy atom. The minimum absolute atomic E-state index is 0.273. The van der Waals surface area contributed by atoms with Gasteiger partial charge in [0.05, 0.1) is 0 Å². The van der Waals surface area contributed by atoms with Crippen LogP contribution in [0.1, 0.15) is 6.92 Å². The molecule has 8 heteroatoms. The van der Waals surface area contributed by atoms with E-state index < -0.39 is 29.1 Å². The van der Waals surface area contributed by atoms with E-state index in [1.807, 2.05) is 0 Å². The fraction of sp³-hybridized carbons (Fsp3) is 0.857. The van der Waals surface area contributed by atoms with Gasteiger partial charge in [-0.2, -0.15) is 0 Å². The molecule has 15 heavy (non-hydrogen) atoms. The molecule has 0 saturated carbocycles. The minimum atomic E-state index is -4.75. The number of rotatable bonds is 6. The van der Waals surface area contributed by atoms with E-state index in [2.05, 4.69) is 4.18 Å². The lowest BCUT2D eigenvalue weighted by Crippen LogP contribution is -2.34. The van der Waals surface area contributed by atoms with Crippen LogP contribution in [0.15, 0.2) is 0 Å². The van der Waals surface area contributed by atoms with E-state index in [-0.39, 0.29) is 6.54 Å². The van der Waals surface area contributed by atoms with Gasteiger partial charge in [-0.15, -0.1) is 0 Å². The van der Waals surface area contributed by atoms with Crippen molar-refractivity contribution in [2.24, 2.45) is 0 Å². The summed E-state index contributed by atoms with van der Waals surface area (Å²) in [6.45, 7) is 0.993. The standard InChI is InChI=1S/C7H15NO6S/c1-6(9)14-7(4-8(2)3)5-13-15(10,11)12/h7H,4-5H2,1-3H3,(H,10,11,12)/p-1. The topological polar surface area (TPSA) is 96.0 Å². The van der Waals surface area contributed by atoms with Gasteiger partial charge in [-0.1, -0.05) is 0 Å². The summed E-state index contributed by atoms with van der Waals surface area (Å²) < 4.78 is 39.3. The number of hydrogen-bond acceptors (Lipinski definition) is 7. The second-order valence-corrected chi connectivity index (χ2v) is 4.24. The summed E-state index contributed by atoms with van der Waals surface area (Å²) in [5.41, 5.74) is 0. The van der Waals surface area contributed by atoms with Crippen molar-refractivity contribution in [3.05, 3.63) is 0 Å². The minimum Gasteiger partial charge on any atom is -0.726 e. The SMILES string of the molecule is CC(=O)OC(COS(=O)(=O)[O-])CN(C)C.